The summed E-state index contributed by atoms with van der Waals surface area (Å²) in [6.07, 6.45) is 4.94. The van der Waals surface area contributed by atoms with E-state index >= 15 is 0 Å². The predicted molar refractivity (Wildman–Crippen MR) is 117 cm³/mol. The quantitative estimate of drug-likeness (QED) is 0.487. The summed E-state index contributed by atoms with van der Waals surface area (Å²) in [6.45, 7) is 1.96. The molecule has 4 aromatic rings. The van der Waals surface area contributed by atoms with Crippen molar-refractivity contribution in [3.05, 3.63) is 72.2 Å². The summed E-state index contributed by atoms with van der Waals surface area (Å²) in [5, 5.41) is 9.96. The van der Waals surface area contributed by atoms with Gasteiger partial charge in [0, 0.05) is 24.7 Å². The normalized spacial score (nSPS) is 14.7. The number of benzene rings is 1. The van der Waals surface area contributed by atoms with Crippen molar-refractivity contribution in [3.63, 3.8) is 0 Å². The number of likely N-dealkylation sites (tertiary alicyclic amines) is 1. The lowest BCUT2D eigenvalue weighted by atomic mass is 9.93. The first kappa shape index (κ1) is 20.0. The van der Waals surface area contributed by atoms with Crippen LogP contribution < -0.4 is 5.32 Å². The third-order valence-electron chi connectivity index (χ3n) is 5.95. The van der Waals surface area contributed by atoms with Gasteiger partial charge in [0.05, 0.1) is 30.2 Å². The Morgan fingerprint density at radius 1 is 1.16 bits per heavy atom. The smallest absolute Gasteiger partial charge is 0.272 e. The molecule has 3 aromatic heterocycles. The van der Waals surface area contributed by atoms with Gasteiger partial charge in [-0.1, -0.05) is 12.1 Å². The van der Waals surface area contributed by atoms with Crippen LogP contribution in [0.5, 0.6) is 0 Å². The molecule has 0 atom stereocenters. The Bertz CT molecular complexity index is 1220. The molecule has 0 saturated carbocycles. The van der Waals surface area contributed by atoms with Crippen LogP contribution in [0.4, 0.5) is 0 Å². The van der Waals surface area contributed by atoms with Crippen LogP contribution in [0.3, 0.4) is 0 Å². The van der Waals surface area contributed by atoms with Gasteiger partial charge in [0.2, 0.25) is 5.91 Å². The number of H-pyrrole nitrogens is 1. The standard InChI is InChI=1S/C23H24N6O3/c30-22(14-29-15-25-18-5-1-2-6-21(18)29)28-9-7-16(8-10-28)19-12-20(27-26-19)23(31)24-13-17-4-3-11-32-17/h1-6,11-12,15-16H,7-10,13-14H2,(H,24,31)(H,26,27). The highest BCUT2D eigenvalue weighted by atomic mass is 16.3. The van der Waals surface area contributed by atoms with Gasteiger partial charge < -0.3 is 19.2 Å². The van der Waals surface area contributed by atoms with Crippen molar-refractivity contribution in [2.75, 3.05) is 13.1 Å². The molecule has 0 radical (unpaired) electrons. The Hall–Kier alpha value is -3.88. The topological polar surface area (TPSA) is 109 Å². The Morgan fingerprint density at radius 2 is 2.00 bits per heavy atom. The number of amides is 2. The summed E-state index contributed by atoms with van der Waals surface area (Å²) in [4.78, 5) is 31.4. The molecule has 4 heterocycles. The first-order chi connectivity index (χ1) is 15.7. The molecular formula is C23H24N6O3. The average molecular weight is 432 g/mol. The summed E-state index contributed by atoms with van der Waals surface area (Å²) in [5.41, 5.74) is 3.14. The maximum absolute atomic E-state index is 12.8. The Morgan fingerprint density at radius 3 is 2.81 bits per heavy atom. The summed E-state index contributed by atoms with van der Waals surface area (Å²) >= 11 is 0. The van der Waals surface area contributed by atoms with E-state index in [0.29, 0.717) is 31.1 Å². The van der Waals surface area contributed by atoms with Crippen LogP contribution in [0, 0.1) is 0 Å². The molecule has 9 nitrogen and oxygen atoms in total. The molecule has 32 heavy (non-hydrogen) atoms. The number of carbonyl (C=O) groups is 2. The number of carbonyl (C=O) groups excluding carboxylic acids is 2. The number of para-hydroxylation sites is 2. The van der Waals surface area contributed by atoms with Crippen LogP contribution in [0.1, 0.15) is 40.7 Å². The van der Waals surface area contributed by atoms with E-state index in [-0.39, 0.29) is 24.3 Å². The van der Waals surface area contributed by atoms with Gasteiger partial charge in [0.1, 0.15) is 18.0 Å². The van der Waals surface area contributed by atoms with Crippen LogP contribution in [0.2, 0.25) is 0 Å². The molecule has 2 N–H and O–H groups in total. The summed E-state index contributed by atoms with van der Waals surface area (Å²) < 4.78 is 7.12. The van der Waals surface area contributed by atoms with Crippen molar-refractivity contribution in [2.24, 2.45) is 0 Å². The first-order valence-corrected chi connectivity index (χ1v) is 10.7. The van der Waals surface area contributed by atoms with E-state index < -0.39 is 0 Å². The fourth-order valence-electron chi connectivity index (χ4n) is 4.16. The number of piperidine rings is 1. The van der Waals surface area contributed by atoms with E-state index in [9.17, 15) is 9.59 Å². The lowest BCUT2D eigenvalue weighted by Crippen LogP contribution is -2.39. The average Bonchev–Trinajstić information content (AvgIpc) is 3.59. The fourth-order valence-corrected chi connectivity index (χ4v) is 4.16. The van der Waals surface area contributed by atoms with Crippen LogP contribution in [0.15, 0.2) is 59.5 Å². The second-order valence-electron chi connectivity index (χ2n) is 7.99. The minimum Gasteiger partial charge on any atom is -0.467 e. The number of rotatable bonds is 6. The van der Waals surface area contributed by atoms with Gasteiger partial charge in [-0.2, -0.15) is 5.10 Å². The molecular weight excluding hydrogens is 408 g/mol. The zero-order chi connectivity index (χ0) is 21.9. The number of hydrogen-bond donors (Lipinski definition) is 2. The van der Waals surface area contributed by atoms with Crippen molar-refractivity contribution >= 4 is 22.8 Å². The molecule has 1 aliphatic heterocycles. The third kappa shape index (κ3) is 4.14. The number of aromatic nitrogens is 4. The van der Waals surface area contributed by atoms with Crippen molar-refractivity contribution < 1.29 is 14.0 Å². The van der Waals surface area contributed by atoms with Gasteiger partial charge in [-0.25, -0.2) is 4.98 Å². The van der Waals surface area contributed by atoms with Gasteiger partial charge >= 0.3 is 0 Å². The minimum atomic E-state index is -0.246. The highest BCUT2D eigenvalue weighted by molar-refractivity contribution is 5.92. The predicted octanol–water partition coefficient (Wildman–Crippen LogP) is 2.69. The Balaban J connectivity index is 1.14. The van der Waals surface area contributed by atoms with Crippen LogP contribution in [-0.2, 0) is 17.9 Å². The Labute approximate surface area is 184 Å². The van der Waals surface area contributed by atoms with Gasteiger partial charge in [0.15, 0.2) is 0 Å². The number of hydrogen-bond acceptors (Lipinski definition) is 5. The van der Waals surface area contributed by atoms with Crippen LogP contribution >= 0.6 is 0 Å². The molecule has 0 unspecified atom stereocenters. The molecule has 1 fully saturated rings. The summed E-state index contributed by atoms with van der Waals surface area (Å²) in [5.74, 6) is 0.778. The van der Waals surface area contributed by atoms with Crippen LogP contribution in [0.25, 0.3) is 11.0 Å². The second-order valence-corrected chi connectivity index (χ2v) is 7.99. The lowest BCUT2D eigenvalue weighted by molar-refractivity contribution is -0.132. The van der Waals surface area contributed by atoms with Crippen molar-refractivity contribution in [1.29, 1.82) is 0 Å². The van der Waals surface area contributed by atoms with Gasteiger partial charge in [0.25, 0.3) is 5.91 Å². The van der Waals surface area contributed by atoms with Gasteiger partial charge in [-0.3, -0.25) is 14.7 Å². The number of furan rings is 1. The van der Waals surface area contributed by atoms with E-state index in [1.807, 2.05) is 33.7 Å². The molecule has 5 rings (SSSR count). The molecule has 164 valence electrons. The molecule has 9 heteroatoms. The molecule has 1 aromatic carbocycles. The number of nitrogens with zero attached hydrogens (tertiary/aromatic N) is 4. The minimum absolute atomic E-state index is 0.0919. The SMILES string of the molecule is O=C(NCc1ccco1)c1cc(C2CCN(C(=O)Cn3cnc4ccccc43)CC2)[nH]n1. The van der Waals surface area contributed by atoms with Crippen molar-refractivity contribution in [2.45, 2.75) is 31.8 Å². The maximum atomic E-state index is 12.8. The molecule has 1 saturated heterocycles. The zero-order valence-corrected chi connectivity index (χ0v) is 17.5. The Kier molecular flexibility index (Phi) is 5.45. The zero-order valence-electron chi connectivity index (χ0n) is 17.5. The van der Waals surface area contributed by atoms with E-state index in [2.05, 4.69) is 20.5 Å². The lowest BCUT2D eigenvalue weighted by Gasteiger charge is -2.31. The summed E-state index contributed by atoms with van der Waals surface area (Å²) in [7, 11) is 0. The van der Waals surface area contributed by atoms with Crippen molar-refractivity contribution in [1.82, 2.24) is 30.0 Å². The van der Waals surface area contributed by atoms with Gasteiger partial charge in [-0.15, -0.1) is 0 Å². The fraction of sp³-hybridized carbons (Fsp3) is 0.304. The van der Waals surface area contributed by atoms with Crippen molar-refractivity contribution in [3.8, 4) is 0 Å². The van der Waals surface area contributed by atoms with Gasteiger partial charge in [-0.05, 0) is 43.2 Å². The third-order valence-corrected chi connectivity index (χ3v) is 5.95. The molecule has 0 bridgehead atoms. The first-order valence-electron chi connectivity index (χ1n) is 10.7. The number of fused-ring (bicyclic) bond motifs is 1. The molecule has 0 spiro atoms. The van der Waals surface area contributed by atoms with E-state index in [4.69, 9.17) is 4.42 Å². The molecule has 0 aliphatic carbocycles. The summed E-state index contributed by atoms with van der Waals surface area (Å²) in [6, 6.07) is 13.2. The molecule has 2 amide bonds. The number of aromatic amines is 1. The maximum Gasteiger partial charge on any atom is 0.272 e. The van der Waals surface area contributed by atoms with E-state index in [1.165, 1.54) is 0 Å². The number of imidazole rings is 1. The van der Waals surface area contributed by atoms with Crippen LogP contribution in [-0.4, -0.2) is 49.6 Å². The number of nitrogens with one attached hydrogen (secondary N) is 2. The largest absolute Gasteiger partial charge is 0.467 e. The van der Waals surface area contributed by atoms with E-state index in [1.54, 1.807) is 30.8 Å². The second kappa shape index (κ2) is 8.70. The highest BCUT2D eigenvalue weighted by Crippen LogP contribution is 2.27. The highest BCUT2D eigenvalue weighted by Gasteiger charge is 2.26. The van der Waals surface area contributed by atoms with E-state index in [0.717, 1.165) is 29.6 Å². The molecule has 1 aliphatic rings. The monoisotopic (exact) mass is 432 g/mol.